The summed E-state index contributed by atoms with van der Waals surface area (Å²) in [6.45, 7) is 2.23. The summed E-state index contributed by atoms with van der Waals surface area (Å²) in [7, 11) is 1.31. The van der Waals surface area contributed by atoms with E-state index in [-0.39, 0.29) is 12.3 Å². The number of rotatable bonds is 6. The van der Waals surface area contributed by atoms with E-state index in [1.54, 1.807) is 18.2 Å². The van der Waals surface area contributed by atoms with Crippen LogP contribution in [0.3, 0.4) is 0 Å². The van der Waals surface area contributed by atoms with E-state index in [1.807, 2.05) is 37.3 Å². The van der Waals surface area contributed by atoms with Gasteiger partial charge < -0.3 is 14.7 Å². The van der Waals surface area contributed by atoms with Crippen LogP contribution in [0.2, 0.25) is 0 Å². The molecule has 5 nitrogen and oxygen atoms in total. The van der Waals surface area contributed by atoms with Gasteiger partial charge >= 0.3 is 5.97 Å². The number of oxime groups is 1. The van der Waals surface area contributed by atoms with Crippen molar-refractivity contribution < 1.29 is 19.5 Å². The van der Waals surface area contributed by atoms with Crippen LogP contribution in [0.25, 0.3) is 0 Å². The summed E-state index contributed by atoms with van der Waals surface area (Å²) in [6, 6.07) is 14.7. The zero-order valence-electron chi connectivity index (χ0n) is 12.4. The third kappa shape index (κ3) is 3.85. The first-order valence-corrected chi connectivity index (χ1v) is 6.74. The Morgan fingerprint density at radius 3 is 2.64 bits per heavy atom. The van der Waals surface area contributed by atoms with E-state index in [9.17, 15) is 9.90 Å². The minimum atomic E-state index is -1.15. The molecule has 22 heavy (non-hydrogen) atoms. The smallest absolute Gasteiger partial charge is 0.358 e. The summed E-state index contributed by atoms with van der Waals surface area (Å²) in [6.07, 6.45) is 0. The number of carbonyl (C=O) groups is 1. The minimum absolute atomic E-state index is 0.147. The van der Waals surface area contributed by atoms with E-state index in [0.717, 1.165) is 16.9 Å². The van der Waals surface area contributed by atoms with Crippen LogP contribution >= 0.6 is 0 Å². The molecule has 0 saturated heterocycles. The molecule has 0 bridgehead atoms. The Morgan fingerprint density at radius 2 is 1.95 bits per heavy atom. The highest BCUT2D eigenvalue weighted by molar-refractivity contribution is 6.42. The van der Waals surface area contributed by atoms with Gasteiger partial charge in [0, 0.05) is 5.56 Å². The first kappa shape index (κ1) is 15.6. The highest BCUT2D eigenvalue weighted by atomic mass is 16.6. The number of nitrogens with zero attached hydrogens (tertiary/aromatic N) is 1. The number of carboxylic acid groups (broad SMARTS) is 1. The summed E-state index contributed by atoms with van der Waals surface area (Å²) >= 11 is 0. The number of hydrogen-bond acceptors (Lipinski definition) is 4. The van der Waals surface area contributed by atoms with Crippen molar-refractivity contribution in [3.05, 3.63) is 65.2 Å². The molecule has 2 aromatic rings. The molecular weight excluding hydrogens is 282 g/mol. The van der Waals surface area contributed by atoms with Crippen molar-refractivity contribution >= 4 is 11.7 Å². The molecule has 0 aromatic heterocycles. The lowest BCUT2D eigenvalue weighted by Crippen LogP contribution is -2.17. The predicted octanol–water partition coefficient (Wildman–Crippen LogP) is 3.01. The summed E-state index contributed by atoms with van der Waals surface area (Å²) in [5, 5.41) is 12.8. The van der Waals surface area contributed by atoms with Crippen LogP contribution in [0.1, 0.15) is 16.7 Å². The average molecular weight is 299 g/mol. The van der Waals surface area contributed by atoms with Crippen LogP contribution in [0, 0.1) is 6.92 Å². The van der Waals surface area contributed by atoms with Crippen LogP contribution in [0.5, 0.6) is 5.75 Å². The molecule has 0 unspecified atom stereocenters. The van der Waals surface area contributed by atoms with Crippen molar-refractivity contribution in [2.24, 2.45) is 5.16 Å². The highest BCUT2D eigenvalue weighted by Crippen LogP contribution is 2.17. The lowest BCUT2D eigenvalue weighted by Gasteiger charge is -2.11. The number of carboxylic acids is 1. The molecule has 0 aliphatic carbocycles. The number of hydrogen-bond donors (Lipinski definition) is 1. The first-order chi connectivity index (χ1) is 10.6. The fourth-order valence-electron chi connectivity index (χ4n) is 2.04. The van der Waals surface area contributed by atoms with Crippen molar-refractivity contribution in [3.8, 4) is 5.75 Å². The zero-order chi connectivity index (χ0) is 15.9. The third-order valence-electron chi connectivity index (χ3n) is 3.04. The predicted molar refractivity (Wildman–Crippen MR) is 83.1 cm³/mol. The van der Waals surface area contributed by atoms with Crippen LogP contribution < -0.4 is 4.74 Å². The Balaban J connectivity index is 2.25. The molecular formula is C17H17NO4. The second-order valence-electron chi connectivity index (χ2n) is 4.69. The Bertz CT molecular complexity index is 695. The SMILES string of the molecule is CO/N=C(/C(=O)O)c1ccccc1COc1cccc(C)c1. The molecule has 1 N–H and O–H groups in total. The molecule has 0 aliphatic heterocycles. The van der Waals surface area contributed by atoms with Crippen molar-refractivity contribution in [2.75, 3.05) is 7.11 Å². The van der Waals surface area contributed by atoms with E-state index in [2.05, 4.69) is 9.99 Å². The lowest BCUT2D eigenvalue weighted by molar-refractivity contribution is -0.129. The van der Waals surface area contributed by atoms with Gasteiger partial charge in [0.15, 0.2) is 5.71 Å². The number of aliphatic carboxylic acids is 1. The standard InChI is InChI=1S/C17H17NO4/c1-12-6-5-8-14(10-12)22-11-13-7-3-4-9-15(13)16(17(19)20)18-21-2/h3-10H,11H2,1-2H3,(H,19,20)/b18-16+. The highest BCUT2D eigenvalue weighted by Gasteiger charge is 2.17. The maximum Gasteiger partial charge on any atom is 0.358 e. The van der Waals surface area contributed by atoms with Gasteiger partial charge in [0.1, 0.15) is 19.5 Å². The van der Waals surface area contributed by atoms with E-state index >= 15 is 0 Å². The Hall–Kier alpha value is -2.82. The van der Waals surface area contributed by atoms with Crippen LogP contribution in [0.4, 0.5) is 0 Å². The summed E-state index contributed by atoms with van der Waals surface area (Å²) < 4.78 is 5.73. The van der Waals surface area contributed by atoms with E-state index in [0.29, 0.717) is 5.56 Å². The van der Waals surface area contributed by atoms with Crippen molar-refractivity contribution in [3.63, 3.8) is 0 Å². The van der Waals surface area contributed by atoms with Gasteiger partial charge in [-0.2, -0.15) is 0 Å². The fourth-order valence-corrected chi connectivity index (χ4v) is 2.04. The van der Waals surface area contributed by atoms with Crippen molar-refractivity contribution in [1.29, 1.82) is 0 Å². The molecule has 2 rings (SSSR count). The van der Waals surface area contributed by atoms with Gasteiger partial charge in [-0.1, -0.05) is 41.6 Å². The molecule has 0 amide bonds. The second-order valence-corrected chi connectivity index (χ2v) is 4.69. The maximum absolute atomic E-state index is 11.3. The van der Waals surface area contributed by atoms with Gasteiger partial charge in [-0.15, -0.1) is 0 Å². The Labute approximate surface area is 128 Å². The fraction of sp³-hybridized carbons (Fsp3) is 0.176. The molecule has 0 radical (unpaired) electrons. The zero-order valence-corrected chi connectivity index (χ0v) is 12.4. The van der Waals surface area contributed by atoms with Crippen molar-refractivity contribution in [1.82, 2.24) is 0 Å². The Kier molecular flexibility index (Phi) is 5.14. The average Bonchev–Trinajstić information content (AvgIpc) is 2.51. The molecule has 114 valence electrons. The monoisotopic (exact) mass is 299 g/mol. The van der Waals surface area contributed by atoms with Gasteiger partial charge in [0.25, 0.3) is 0 Å². The van der Waals surface area contributed by atoms with Crippen LogP contribution in [-0.4, -0.2) is 23.9 Å². The molecule has 0 aliphatic rings. The quantitative estimate of drug-likeness (QED) is 0.657. The summed E-state index contributed by atoms with van der Waals surface area (Å²) in [4.78, 5) is 15.9. The number of benzene rings is 2. The summed E-state index contributed by atoms with van der Waals surface area (Å²) in [5.74, 6) is -0.416. The normalized spacial score (nSPS) is 11.1. The lowest BCUT2D eigenvalue weighted by atomic mass is 10.0. The maximum atomic E-state index is 11.3. The van der Waals surface area contributed by atoms with Crippen LogP contribution in [-0.2, 0) is 16.2 Å². The van der Waals surface area contributed by atoms with E-state index in [1.165, 1.54) is 7.11 Å². The molecule has 0 saturated carbocycles. The second kappa shape index (κ2) is 7.26. The van der Waals surface area contributed by atoms with E-state index < -0.39 is 5.97 Å². The summed E-state index contributed by atoms with van der Waals surface area (Å²) in [5.41, 5.74) is 2.15. The van der Waals surface area contributed by atoms with Crippen LogP contribution in [0.15, 0.2) is 53.7 Å². The molecule has 2 aromatic carbocycles. The topological polar surface area (TPSA) is 68.1 Å². The van der Waals surface area contributed by atoms with Gasteiger partial charge in [0.2, 0.25) is 0 Å². The molecule has 0 heterocycles. The number of ether oxygens (including phenoxy) is 1. The minimum Gasteiger partial charge on any atom is -0.489 e. The molecule has 5 heteroatoms. The van der Waals surface area contributed by atoms with Gasteiger partial charge in [-0.05, 0) is 30.2 Å². The van der Waals surface area contributed by atoms with Gasteiger partial charge in [-0.3, -0.25) is 0 Å². The third-order valence-corrected chi connectivity index (χ3v) is 3.04. The molecule has 0 fully saturated rings. The molecule has 0 atom stereocenters. The van der Waals surface area contributed by atoms with Gasteiger partial charge in [0.05, 0.1) is 0 Å². The first-order valence-electron chi connectivity index (χ1n) is 6.74. The van der Waals surface area contributed by atoms with Gasteiger partial charge in [-0.25, -0.2) is 4.79 Å². The largest absolute Gasteiger partial charge is 0.489 e. The van der Waals surface area contributed by atoms with E-state index in [4.69, 9.17) is 4.74 Å². The molecule has 0 spiro atoms. The van der Waals surface area contributed by atoms with Crippen molar-refractivity contribution in [2.45, 2.75) is 13.5 Å². The number of aryl methyl sites for hydroxylation is 1. The Morgan fingerprint density at radius 1 is 1.18 bits per heavy atom.